The van der Waals surface area contributed by atoms with E-state index in [-0.39, 0.29) is 5.76 Å². The van der Waals surface area contributed by atoms with Gasteiger partial charge in [0.25, 0.3) is 0 Å². The molecule has 2 rings (SSSR count). The fourth-order valence-corrected chi connectivity index (χ4v) is 2.37. The third kappa shape index (κ3) is 3.91. The predicted octanol–water partition coefficient (Wildman–Crippen LogP) is 4.44. The Hall–Kier alpha value is -1.69. The van der Waals surface area contributed by atoms with Crippen LogP contribution < -0.4 is 5.63 Å². The second kappa shape index (κ2) is 5.97. The molecule has 1 aromatic carbocycles. The van der Waals surface area contributed by atoms with Gasteiger partial charge in [0.1, 0.15) is 12.2 Å². The second-order valence-corrected chi connectivity index (χ2v) is 5.44. The van der Waals surface area contributed by atoms with Crippen LogP contribution in [0.25, 0.3) is 11.1 Å². The largest absolute Gasteiger partial charge is 0.427 e. The average molecular weight is 314 g/mol. The minimum Gasteiger partial charge on any atom is -0.427 e. The number of hydrogen-bond donors (Lipinski definition) is 0. The quantitative estimate of drug-likeness (QED) is 0.785. The number of alkyl halides is 3. The molecule has 0 amide bonds. The highest BCUT2D eigenvalue weighted by Gasteiger charge is 2.29. The lowest BCUT2D eigenvalue weighted by Gasteiger charge is -2.10. The number of halogens is 3. The van der Waals surface area contributed by atoms with Gasteiger partial charge in [-0.25, -0.2) is 4.79 Å². The molecule has 21 heavy (non-hydrogen) atoms. The van der Waals surface area contributed by atoms with E-state index in [1.807, 2.05) is 18.4 Å². The Balaban J connectivity index is 2.48. The van der Waals surface area contributed by atoms with Crippen molar-refractivity contribution in [1.82, 2.24) is 0 Å². The van der Waals surface area contributed by atoms with Gasteiger partial charge < -0.3 is 4.42 Å². The highest BCUT2D eigenvalue weighted by Crippen LogP contribution is 2.27. The van der Waals surface area contributed by atoms with E-state index in [1.165, 1.54) is 6.07 Å². The van der Waals surface area contributed by atoms with E-state index in [1.54, 1.807) is 30.8 Å². The molecule has 0 saturated carbocycles. The van der Waals surface area contributed by atoms with Crippen LogP contribution in [0.5, 0.6) is 0 Å². The first kappa shape index (κ1) is 15.7. The van der Waals surface area contributed by atoms with Crippen molar-refractivity contribution in [2.45, 2.75) is 24.4 Å². The van der Waals surface area contributed by atoms with E-state index in [9.17, 15) is 18.0 Å². The van der Waals surface area contributed by atoms with Gasteiger partial charge in [-0.2, -0.15) is 13.2 Å². The Morgan fingerprint density at radius 2 is 1.81 bits per heavy atom. The van der Waals surface area contributed by atoms with Gasteiger partial charge in [-0.3, -0.25) is 0 Å². The highest BCUT2D eigenvalue weighted by atomic mass is 32.2. The van der Waals surface area contributed by atoms with Crippen LogP contribution in [-0.2, 0) is 6.42 Å². The molecular formula is C15H13F3O2S. The van der Waals surface area contributed by atoms with Crippen LogP contribution in [0.3, 0.4) is 0 Å². The second-order valence-electron chi connectivity index (χ2n) is 4.56. The van der Waals surface area contributed by atoms with Gasteiger partial charge in [0.2, 0.25) is 0 Å². The van der Waals surface area contributed by atoms with Crippen molar-refractivity contribution in [3.05, 3.63) is 52.1 Å². The summed E-state index contributed by atoms with van der Waals surface area (Å²) in [5, 5.41) is 0. The van der Waals surface area contributed by atoms with Crippen LogP contribution in [0.15, 0.2) is 44.4 Å². The summed E-state index contributed by atoms with van der Waals surface area (Å²) in [7, 11) is 0. The first-order valence-corrected chi connectivity index (χ1v) is 7.37. The van der Waals surface area contributed by atoms with Crippen LogP contribution in [-0.4, -0.2) is 12.4 Å². The molecular weight excluding hydrogens is 301 g/mol. The van der Waals surface area contributed by atoms with Crippen molar-refractivity contribution in [3.8, 4) is 11.1 Å². The summed E-state index contributed by atoms with van der Waals surface area (Å²) in [6, 6.07) is 8.57. The molecule has 1 aromatic heterocycles. The van der Waals surface area contributed by atoms with Crippen molar-refractivity contribution in [2.75, 3.05) is 6.26 Å². The van der Waals surface area contributed by atoms with E-state index in [0.29, 0.717) is 16.7 Å². The summed E-state index contributed by atoms with van der Waals surface area (Å²) in [4.78, 5) is 12.7. The molecule has 0 aliphatic heterocycles. The summed E-state index contributed by atoms with van der Waals surface area (Å²) < 4.78 is 42.0. The van der Waals surface area contributed by atoms with Gasteiger partial charge in [0.05, 0.1) is 0 Å². The van der Waals surface area contributed by atoms with Crippen molar-refractivity contribution in [1.29, 1.82) is 0 Å². The highest BCUT2D eigenvalue weighted by molar-refractivity contribution is 7.98. The first-order chi connectivity index (χ1) is 9.80. The summed E-state index contributed by atoms with van der Waals surface area (Å²) in [6.07, 6.45) is -3.73. The molecule has 0 unspecified atom stereocenters. The first-order valence-electron chi connectivity index (χ1n) is 6.15. The smallest absolute Gasteiger partial charge is 0.396 e. The zero-order chi connectivity index (χ0) is 15.6. The van der Waals surface area contributed by atoms with Crippen LogP contribution in [0.4, 0.5) is 13.2 Å². The molecule has 0 spiro atoms. The lowest BCUT2D eigenvalue weighted by atomic mass is 10.0. The van der Waals surface area contributed by atoms with Gasteiger partial charge in [-0.05, 0) is 42.5 Å². The average Bonchev–Trinajstić information content (AvgIpc) is 2.41. The van der Waals surface area contributed by atoms with E-state index >= 15 is 0 Å². The summed E-state index contributed by atoms with van der Waals surface area (Å²) in [5.41, 5.74) is 0.735. The third-order valence-electron chi connectivity index (χ3n) is 3.02. The topological polar surface area (TPSA) is 30.2 Å². The van der Waals surface area contributed by atoms with Gasteiger partial charge in [0, 0.05) is 10.5 Å². The zero-order valence-corrected chi connectivity index (χ0v) is 12.3. The van der Waals surface area contributed by atoms with Gasteiger partial charge in [-0.15, -0.1) is 11.8 Å². The molecule has 0 atom stereocenters. The Morgan fingerprint density at radius 1 is 1.19 bits per heavy atom. The molecule has 0 fully saturated rings. The summed E-state index contributed by atoms with van der Waals surface area (Å²) in [5.74, 6) is -0.373. The third-order valence-corrected chi connectivity index (χ3v) is 3.76. The molecule has 1 heterocycles. The van der Waals surface area contributed by atoms with Crippen molar-refractivity contribution in [3.63, 3.8) is 0 Å². The molecule has 0 N–H and O–H groups in total. The summed E-state index contributed by atoms with van der Waals surface area (Å²) in [6.45, 7) is 1.54. The van der Waals surface area contributed by atoms with Crippen LogP contribution in [0, 0.1) is 6.92 Å². The summed E-state index contributed by atoms with van der Waals surface area (Å²) >= 11 is 1.56. The van der Waals surface area contributed by atoms with E-state index in [4.69, 9.17) is 4.42 Å². The Labute approximate surface area is 124 Å². The predicted molar refractivity (Wildman–Crippen MR) is 76.7 cm³/mol. The number of thioether (sulfide) groups is 1. The Bertz CT molecular complexity index is 688. The zero-order valence-electron chi connectivity index (χ0n) is 11.5. The number of benzene rings is 1. The molecule has 2 aromatic rings. The van der Waals surface area contributed by atoms with E-state index < -0.39 is 18.2 Å². The standard InChI is InChI=1S/C15H13F3O2S/c1-9-13(10-3-5-12(21-2)6-4-10)7-11(20-14(9)19)8-15(16,17)18/h3-7H,8H2,1-2H3. The number of hydrogen-bond acceptors (Lipinski definition) is 3. The fourth-order valence-electron chi connectivity index (χ4n) is 1.96. The normalized spacial score (nSPS) is 11.7. The maximum Gasteiger partial charge on any atom is 0.396 e. The van der Waals surface area contributed by atoms with Gasteiger partial charge >= 0.3 is 11.8 Å². The molecule has 112 valence electrons. The molecule has 6 heteroatoms. The van der Waals surface area contributed by atoms with Crippen molar-refractivity contribution in [2.24, 2.45) is 0 Å². The van der Waals surface area contributed by atoms with E-state index in [2.05, 4.69) is 0 Å². The Morgan fingerprint density at radius 3 is 2.33 bits per heavy atom. The minimum atomic E-state index is -4.41. The van der Waals surface area contributed by atoms with Crippen LogP contribution in [0.2, 0.25) is 0 Å². The monoisotopic (exact) mass is 314 g/mol. The molecule has 0 aliphatic rings. The lowest BCUT2D eigenvalue weighted by Crippen LogP contribution is -2.15. The molecule has 0 radical (unpaired) electrons. The fraction of sp³-hybridized carbons (Fsp3) is 0.267. The van der Waals surface area contributed by atoms with Gasteiger partial charge in [0.15, 0.2) is 0 Å². The lowest BCUT2D eigenvalue weighted by molar-refractivity contribution is -0.130. The maximum atomic E-state index is 12.4. The van der Waals surface area contributed by atoms with Crippen molar-refractivity contribution >= 4 is 11.8 Å². The van der Waals surface area contributed by atoms with E-state index in [0.717, 1.165) is 4.90 Å². The SMILES string of the molecule is CSc1ccc(-c2cc(CC(F)(F)F)oc(=O)c2C)cc1. The molecule has 0 aliphatic carbocycles. The van der Waals surface area contributed by atoms with Gasteiger partial charge in [-0.1, -0.05) is 12.1 Å². The number of rotatable bonds is 3. The van der Waals surface area contributed by atoms with Crippen LogP contribution in [0.1, 0.15) is 11.3 Å². The molecule has 0 saturated heterocycles. The van der Waals surface area contributed by atoms with Crippen LogP contribution >= 0.6 is 11.8 Å². The Kier molecular flexibility index (Phi) is 4.46. The molecule has 2 nitrogen and oxygen atoms in total. The van der Waals surface area contributed by atoms with Crippen molar-refractivity contribution < 1.29 is 17.6 Å². The molecule has 0 bridgehead atoms. The minimum absolute atomic E-state index is 0.304. The maximum absolute atomic E-state index is 12.4.